The molecule has 0 bridgehead atoms. The van der Waals surface area contributed by atoms with Crippen LogP contribution in [0.3, 0.4) is 0 Å². The van der Waals surface area contributed by atoms with Gasteiger partial charge >= 0.3 is 0 Å². The van der Waals surface area contributed by atoms with Crippen LogP contribution in [0.25, 0.3) is 0 Å². The molecule has 2 heterocycles. The van der Waals surface area contributed by atoms with E-state index >= 15 is 0 Å². The highest BCUT2D eigenvalue weighted by atomic mass is 35.5. The van der Waals surface area contributed by atoms with E-state index in [2.05, 4.69) is 18.1 Å². The van der Waals surface area contributed by atoms with E-state index in [1.165, 1.54) is 11.1 Å². The number of benzene rings is 2. The zero-order chi connectivity index (χ0) is 19.7. The lowest BCUT2D eigenvalue weighted by molar-refractivity contribution is 0.0974. The molecule has 4 rings (SSSR count). The first kappa shape index (κ1) is 18.6. The van der Waals surface area contributed by atoms with Crippen molar-refractivity contribution in [1.82, 2.24) is 5.16 Å². The van der Waals surface area contributed by atoms with Gasteiger partial charge in [-0.05, 0) is 56.5 Å². The predicted molar refractivity (Wildman–Crippen MR) is 108 cm³/mol. The summed E-state index contributed by atoms with van der Waals surface area (Å²) in [6.45, 7) is 4.70. The van der Waals surface area contributed by atoms with Gasteiger partial charge in [0.25, 0.3) is 5.91 Å². The van der Waals surface area contributed by atoms with Gasteiger partial charge in [0.05, 0.1) is 5.56 Å². The number of rotatable bonds is 4. The Balaban J connectivity index is 1.60. The fourth-order valence-electron chi connectivity index (χ4n) is 3.51. The van der Waals surface area contributed by atoms with Gasteiger partial charge < -0.3 is 14.2 Å². The van der Waals surface area contributed by atoms with E-state index in [1.54, 1.807) is 24.0 Å². The molecule has 0 N–H and O–H groups in total. The third-order valence-electron chi connectivity index (χ3n) is 4.97. The third kappa shape index (κ3) is 3.62. The van der Waals surface area contributed by atoms with Crippen molar-refractivity contribution in [3.63, 3.8) is 0 Å². The predicted octanol–water partition coefficient (Wildman–Crippen LogP) is 5.12. The molecule has 0 fully saturated rings. The number of fused-ring (bicyclic) bond motifs is 1. The molecule has 0 unspecified atom stereocenters. The van der Waals surface area contributed by atoms with Gasteiger partial charge in [0.2, 0.25) is 0 Å². The first-order valence-electron chi connectivity index (χ1n) is 9.28. The number of aromatic nitrogens is 1. The molecule has 144 valence electrons. The summed E-state index contributed by atoms with van der Waals surface area (Å²) in [6, 6.07) is 13.3. The summed E-state index contributed by atoms with van der Waals surface area (Å²) in [5.41, 5.74) is 4.29. The minimum atomic E-state index is -0.161. The van der Waals surface area contributed by atoms with E-state index in [9.17, 15) is 4.79 Å². The smallest absolute Gasteiger partial charge is 0.280 e. The van der Waals surface area contributed by atoms with Gasteiger partial charge in [-0.3, -0.25) is 4.79 Å². The van der Waals surface area contributed by atoms with Crippen LogP contribution in [-0.4, -0.2) is 17.6 Å². The largest absolute Gasteiger partial charge is 0.489 e. The molecule has 5 nitrogen and oxygen atoms in total. The van der Waals surface area contributed by atoms with Crippen LogP contribution in [0.2, 0.25) is 5.02 Å². The van der Waals surface area contributed by atoms with Crippen molar-refractivity contribution >= 4 is 23.2 Å². The molecule has 1 aromatic heterocycles. The Kier molecular flexibility index (Phi) is 5.09. The van der Waals surface area contributed by atoms with Crippen molar-refractivity contribution in [1.29, 1.82) is 0 Å². The topological polar surface area (TPSA) is 55.6 Å². The minimum absolute atomic E-state index is 0.161. The van der Waals surface area contributed by atoms with E-state index in [1.807, 2.05) is 24.3 Å². The van der Waals surface area contributed by atoms with Gasteiger partial charge in [-0.25, -0.2) is 0 Å². The summed E-state index contributed by atoms with van der Waals surface area (Å²) >= 11 is 6.01. The minimum Gasteiger partial charge on any atom is -0.489 e. The van der Waals surface area contributed by atoms with Crippen LogP contribution < -0.4 is 9.64 Å². The van der Waals surface area contributed by atoms with E-state index in [-0.39, 0.29) is 12.5 Å². The van der Waals surface area contributed by atoms with E-state index in [0.29, 0.717) is 34.3 Å². The highest BCUT2D eigenvalue weighted by Gasteiger charge is 2.29. The van der Waals surface area contributed by atoms with Gasteiger partial charge in [0.15, 0.2) is 5.69 Å². The Morgan fingerprint density at radius 3 is 2.93 bits per heavy atom. The summed E-state index contributed by atoms with van der Waals surface area (Å²) in [6.07, 6.45) is 1.90. The molecule has 0 atom stereocenters. The van der Waals surface area contributed by atoms with Crippen molar-refractivity contribution in [2.75, 3.05) is 11.4 Å². The standard InChI is InChI=1S/C22H21ClN2O3/c1-14-8-9-20-16(11-14)5-4-10-25(20)22(26)21-19(15(2)28-24-21)13-27-18-7-3-6-17(23)12-18/h3,6-9,11-12H,4-5,10,13H2,1-2H3. The van der Waals surface area contributed by atoms with E-state index in [0.717, 1.165) is 18.5 Å². The van der Waals surface area contributed by atoms with Crippen LogP contribution in [0, 0.1) is 13.8 Å². The lowest BCUT2D eigenvalue weighted by Crippen LogP contribution is -2.36. The van der Waals surface area contributed by atoms with Crippen molar-refractivity contribution in [3.8, 4) is 5.75 Å². The molecule has 0 saturated carbocycles. The monoisotopic (exact) mass is 396 g/mol. The molecular formula is C22H21ClN2O3. The number of carbonyl (C=O) groups excluding carboxylic acids is 1. The normalized spacial score (nSPS) is 13.3. The molecule has 6 heteroatoms. The number of hydrogen-bond donors (Lipinski definition) is 0. The Hall–Kier alpha value is -2.79. The second-order valence-corrected chi connectivity index (χ2v) is 7.44. The Labute approximate surface area is 168 Å². The van der Waals surface area contributed by atoms with Gasteiger partial charge in [-0.15, -0.1) is 0 Å². The van der Waals surface area contributed by atoms with Gasteiger partial charge in [-0.2, -0.15) is 0 Å². The summed E-state index contributed by atoms with van der Waals surface area (Å²) in [7, 11) is 0. The summed E-state index contributed by atoms with van der Waals surface area (Å²) in [4.78, 5) is 15.1. The molecule has 1 aliphatic heterocycles. The van der Waals surface area contributed by atoms with Gasteiger partial charge in [0, 0.05) is 17.3 Å². The SMILES string of the molecule is Cc1ccc2c(c1)CCCN2C(=O)c1noc(C)c1COc1cccc(Cl)c1. The van der Waals surface area contributed by atoms with Crippen LogP contribution in [0.1, 0.15) is 39.4 Å². The number of hydrogen-bond acceptors (Lipinski definition) is 4. The first-order chi connectivity index (χ1) is 13.5. The van der Waals surface area contributed by atoms with Crippen molar-refractivity contribution in [2.24, 2.45) is 0 Å². The molecular weight excluding hydrogens is 376 g/mol. The lowest BCUT2D eigenvalue weighted by atomic mass is 9.99. The maximum atomic E-state index is 13.3. The summed E-state index contributed by atoms with van der Waals surface area (Å²) in [5.74, 6) is 1.04. The average Bonchev–Trinajstić information content (AvgIpc) is 3.05. The van der Waals surface area contributed by atoms with Crippen LogP contribution in [0.5, 0.6) is 5.75 Å². The number of nitrogens with zero attached hydrogens (tertiary/aromatic N) is 2. The quantitative estimate of drug-likeness (QED) is 0.614. The zero-order valence-corrected chi connectivity index (χ0v) is 16.6. The number of carbonyl (C=O) groups is 1. The molecule has 1 amide bonds. The Bertz CT molecular complexity index is 1030. The Morgan fingerprint density at radius 2 is 2.11 bits per heavy atom. The van der Waals surface area contributed by atoms with Crippen LogP contribution in [0.4, 0.5) is 5.69 Å². The average molecular weight is 397 g/mol. The van der Waals surface area contributed by atoms with Crippen molar-refractivity contribution < 1.29 is 14.1 Å². The molecule has 3 aromatic rings. The third-order valence-corrected chi connectivity index (χ3v) is 5.20. The Morgan fingerprint density at radius 1 is 1.25 bits per heavy atom. The van der Waals surface area contributed by atoms with Gasteiger partial charge in [0.1, 0.15) is 18.1 Å². The fourth-order valence-corrected chi connectivity index (χ4v) is 3.69. The maximum Gasteiger partial charge on any atom is 0.280 e. The fraction of sp³-hybridized carbons (Fsp3) is 0.273. The van der Waals surface area contributed by atoms with Crippen LogP contribution in [0.15, 0.2) is 47.0 Å². The number of amides is 1. The maximum absolute atomic E-state index is 13.3. The summed E-state index contributed by atoms with van der Waals surface area (Å²) < 4.78 is 11.1. The van der Waals surface area contributed by atoms with Crippen molar-refractivity contribution in [3.05, 3.63) is 75.6 Å². The molecule has 2 aromatic carbocycles. The highest BCUT2D eigenvalue weighted by Crippen LogP contribution is 2.30. The summed E-state index contributed by atoms with van der Waals surface area (Å²) in [5, 5.41) is 4.63. The van der Waals surface area contributed by atoms with E-state index in [4.69, 9.17) is 20.9 Å². The number of anilines is 1. The van der Waals surface area contributed by atoms with Crippen molar-refractivity contribution in [2.45, 2.75) is 33.3 Å². The molecule has 0 radical (unpaired) electrons. The highest BCUT2D eigenvalue weighted by molar-refractivity contribution is 6.30. The number of halogens is 1. The first-order valence-corrected chi connectivity index (χ1v) is 9.65. The number of aryl methyl sites for hydroxylation is 3. The lowest BCUT2D eigenvalue weighted by Gasteiger charge is -2.29. The van der Waals surface area contributed by atoms with Crippen LogP contribution in [-0.2, 0) is 13.0 Å². The van der Waals surface area contributed by atoms with Gasteiger partial charge in [-0.1, -0.05) is 40.5 Å². The molecule has 0 aliphatic carbocycles. The second kappa shape index (κ2) is 7.68. The molecule has 1 aliphatic rings. The van der Waals surface area contributed by atoms with E-state index < -0.39 is 0 Å². The number of ether oxygens (including phenoxy) is 1. The molecule has 28 heavy (non-hydrogen) atoms. The molecule has 0 saturated heterocycles. The zero-order valence-electron chi connectivity index (χ0n) is 15.9. The molecule has 0 spiro atoms. The van der Waals surface area contributed by atoms with Crippen LogP contribution >= 0.6 is 11.6 Å². The second-order valence-electron chi connectivity index (χ2n) is 7.00.